The highest BCUT2D eigenvalue weighted by Gasteiger charge is 2.14. The molecule has 0 bridgehead atoms. The van der Waals surface area contributed by atoms with E-state index in [1.165, 1.54) is 5.56 Å². The molecule has 1 aliphatic rings. The van der Waals surface area contributed by atoms with E-state index in [4.69, 9.17) is 16.3 Å². The summed E-state index contributed by atoms with van der Waals surface area (Å²) in [7, 11) is 0. The second kappa shape index (κ2) is 3.76. The molecule has 80 valence electrons. The van der Waals surface area contributed by atoms with Gasteiger partial charge in [0.05, 0.1) is 6.61 Å². The molecular formula is C12H9ClN2O. The number of hydrogen-bond donors (Lipinski definition) is 0. The Kier molecular flexibility index (Phi) is 2.26. The Morgan fingerprint density at radius 2 is 2.06 bits per heavy atom. The molecule has 3 rings (SSSR count). The van der Waals surface area contributed by atoms with Crippen molar-refractivity contribution in [2.75, 3.05) is 6.61 Å². The van der Waals surface area contributed by atoms with Crippen molar-refractivity contribution >= 4 is 11.6 Å². The van der Waals surface area contributed by atoms with Crippen LogP contribution in [-0.4, -0.2) is 16.6 Å². The molecule has 0 saturated carbocycles. The first-order valence-electron chi connectivity index (χ1n) is 5.07. The molecule has 0 spiro atoms. The summed E-state index contributed by atoms with van der Waals surface area (Å²) in [5.74, 6) is 0.962. The molecule has 0 unspecified atom stereocenters. The molecule has 0 atom stereocenters. The van der Waals surface area contributed by atoms with E-state index in [9.17, 15) is 0 Å². The Morgan fingerprint density at radius 3 is 2.94 bits per heavy atom. The normalized spacial score (nSPS) is 13.3. The van der Waals surface area contributed by atoms with Crippen LogP contribution >= 0.6 is 11.6 Å². The third-order valence-corrected chi connectivity index (χ3v) is 2.89. The highest BCUT2D eigenvalue weighted by atomic mass is 35.5. The predicted molar refractivity (Wildman–Crippen MR) is 61.7 cm³/mol. The number of ether oxygens (including phenoxy) is 1. The van der Waals surface area contributed by atoms with Crippen LogP contribution in [0.2, 0.25) is 5.15 Å². The Bertz CT molecular complexity index is 542. The second-order valence-electron chi connectivity index (χ2n) is 3.62. The highest BCUT2D eigenvalue weighted by Crippen LogP contribution is 2.31. The van der Waals surface area contributed by atoms with E-state index >= 15 is 0 Å². The molecular weight excluding hydrogens is 224 g/mol. The van der Waals surface area contributed by atoms with Gasteiger partial charge >= 0.3 is 0 Å². The fraction of sp³-hybridized carbons (Fsp3) is 0.167. The zero-order valence-electron chi connectivity index (χ0n) is 8.48. The summed E-state index contributed by atoms with van der Waals surface area (Å²) >= 11 is 6.00. The summed E-state index contributed by atoms with van der Waals surface area (Å²) in [6.45, 7) is 0.757. The predicted octanol–water partition coefficient (Wildman–Crippen LogP) is 2.73. The quantitative estimate of drug-likeness (QED) is 0.758. The summed E-state index contributed by atoms with van der Waals surface area (Å²) < 4.78 is 5.45. The minimum Gasteiger partial charge on any atom is -0.493 e. The maximum atomic E-state index is 6.00. The van der Waals surface area contributed by atoms with Gasteiger partial charge in [-0.15, -0.1) is 0 Å². The van der Waals surface area contributed by atoms with E-state index < -0.39 is 0 Å². The largest absolute Gasteiger partial charge is 0.493 e. The molecule has 2 heterocycles. The number of aromatic nitrogens is 2. The van der Waals surface area contributed by atoms with Crippen LogP contribution in [0.3, 0.4) is 0 Å². The van der Waals surface area contributed by atoms with Gasteiger partial charge in [0, 0.05) is 24.4 Å². The van der Waals surface area contributed by atoms with Crippen molar-refractivity contribution in [3.05, 3.63) is 41.3 Å². The Labute approximate surface area is 98.1 Å². The van der Waals surface area contributed by atoms with Crippen LogP contribution in [-0.2, 0) is 6.42 Å². The molecule has 1 aromatic heterocycles. The third-order valence-electron chi connectivity index (χ3n) is 2.62. The fourth-order valence-electron chi connectivity index (χ4n) is 1.85. The zero-order chi connectivity index (χ0) is 11.0. The van der Waals surface area contributed by atoms with Crippen LogP contribution in [0.4, 0.5) is 0 Å². The van der Waals surface area contributed by atoms with Crippen LogP contribution in [0.1, 0.15) is 5.56 Å². The molecule has 0 N–H and O–H groups in total. The van der Waals surface area contributed by atoms with E-state index in [1.807, 2.05) is 12.1 Å². The van der Waals surface area contributed by atoms with Gasteiger partial charge in [-0.3, -0.25) is 4.98 Å². The highest BCUT2D eigenvalue weighted by molar-refractivity contribution is 6.31. The summed E-state index contributed by atoms with van der Waals surface area (Å²) in [6, 6.07) is 5.99. The Balaban J connectivity index is 2.11. The molecule has 0 aliphatic carbocycles. The van der Waals surface area contributed by atoms with Crippen LogP contribution < -0.4 is 4.74 Å². The molecule has 0 radical (unpaired) electrons. The number of halogens is 1. The molecule has 1 aromatic carbocycles. The molecule has 0 amide bonds. The van der Waals surface area contributed by atoms with E-state index in [0.717, 1.165) is 30.0 Å². The molecule has 16 heavy (non-hydrogen) atoms. The molecule has 0 saturated heterocycles. The molecule has 3 nitrogen and oxygen atoms in total. The first kappa shape index (κ1) is 9.60. The minimum atomic E-state index is 0.432. The van der Waals surface area contributed by atoms with E-state index in [0.29, 0.717) is 5.15 Å². The van der Waals surface area contributed by atoms with Gasteiger partial charge in [0.2, 0.25) is 0 Å². The zero-order valence-corrected chi connectivity index (χ0v) is 9.24. The van der Waals surface area contributed by atoms with Crippen LogP contribution in [0.25, 0.3) is 11.3 Å². The standard InChI is InChI=1S/C12H9ClN2O/c13-12-11(14-4-5-15-12)9-1-2-10-8(7-9)3-6-16-10/h1-2,4-5,7H,3,6H2. The topological polar surface area (TPSA) is 35.0 Å². The lowest BCUT2D eigenvalue weighted by Crippen LogP contribution is -1.88. The van der Waals surface area contributed by atoms with Gasteiger partial charge in [-0.2, -0.15) is 0 Å². The summed E-state index contributed by atoms with van der Waals surface area (Å²) in [5, 5.41) is 0.432. The molecule has 4 heteroatoms. The first-order chi connectivity index (χ1) is 7.84. The van der Waals surface area contributed by atoms with Crippen molar-refractivity contribution in [2.24, 2.45) is 0 Å². The van der Waals surface area contributed by atoms with Crippen molar-refractivity contribution < 1.29 is 4.74 Å². The van der Waals surface area contributed by atoms with Gasteiger partial charge in [0.25, 0.3) is 0 Å². The third kappa shape index (κ3) is 1.53. The maximum Gasteiger partial charge on any atom is 0.155 e. The number of hydrogen-bond acceptors (Lipinski definition) is 3. The minimum absolute atomic E-state index is 0.432. The van der Waals surface area contributed by atoms with Gasteiger partial charge in [0.1, 0.15) is 11.4 Å². The van der Waals surface area contributed by atoms with Gasteiger partial charge in [-0.25, -0.2) is 4.98 Å². The van der Waals surface area contributed by atoms with Crippen LogP contribution in [0.15, 0.2) is 30.6 Å². The Morgan fingerprint density at radius 1 is 1.19 bits per heavy atom. The van der Waals surface area contributed by atoms with Crippen molar-refractivity contribution in [1.82, 2.24) is 9.97 Å². The number of benzene rings is 1. The monoisotopic (exact) mass is 232 g/mol. The summed E-state index contributed by atoms with van der Waals surface area (Å²) in [5.41, 5.74) is 2.92. The second-order valence-corrected chi connectivity index (χ2v) is 3.97. The SMILES string of the molecule is Clc1nccnc1-c1ccc2c(c1)CCO2. The molecule has 2 aromatic rings. The average Bonchev–Trinajstić information content (AvgIpc) is 2.76. The van der Waals surface area contributed by atoms with Crippen molar-refractivity contribution in [3.63, 3.8) is 0 Å². The van der Waals surface area contributed by atoms with Crippen LogP contribution in [0, 0.1) is 0 Å². The number of fused-ring (bicyclic) bond motifs is 1. The van der Waals surface area contributed by atoms with Crippen LogP contribution in [0.5, 0.6) is 5.75 Å². The van der Waals surface area contributed by atoms with E-state index in [-0.39, 0.29) is 0 Å². The lowest BCUT2D eigenvalue weighted by atomic mass is 10.1. The van der Waals surface area contributed by atoms with Crippen molar-refractivity contribution in [1.29, 1.82) is 0 Å². The lowest BCUT2D eigenvalue weighted by molar-refractivity contribution is 0.357. The number of rotatable bonds is 1. The van der Waals surface area contributed by atoms with Gasteiger partial charge < -0.3 is 4.74 Å². The number of nitrogens with zero attached hydrogens (tertiary/aromatic N) is 2. The van der Waals surface area contributed by atoms with Gasteiger partial charge in [0.15, 0.2) is 5.15 Å². The van der Waals surface area contributed by atoms with E-state index in [1.54, 1.807) is 12.4 Å². The van der Waals surface area contributed by atoms with Gasteiger partial charge in [-0.1, -0.05) is 11.6 Å². The van der Waals surface area contributed by atoms with Crippen molar-refractivity contribution in [3.8, 4) is 17.0 Å². The van der Waals surface area contributed by atoms with E-state index in [2.05, 4.69) is 16.0 Å². The molecule has 1 aliphatic heterocycles. The van der Waals surface area contributed by atoms with Crippen molar-refractivity contribution in [2.45, 2.75) is 6.42 Å². The smallest absolute Gasteiger partial charge is 0.155 e. The lowest BCUT2D eigenvalue weighted by Gasteiger charge is -2.04. The fourth-order valence-corrected chi connectivity index (χ4v) is 2.06. The summed E-state index contributed by atoms with van der Waals surface area (Å²) in [4.78, 5) is 8.26. The first-order valence-corrected chi connectivity index (χ1v) is 5.45. The van der Waals surface area contributed by atoms with Gasteiger partial charge in [-0.05, 0) is 23.8 Å². The Hall–Kier alpha value is -1.61. The maximum absolute atomic E-state index is 6.00. The average molecular weight is 233 g/mol. The molecule has 0 fully saturated rings. The summed E-state index contributed by atoms with van der Waals surface area (Å²) in [6.07, 6.45) is 4.17.